The Morgan fingerprint density at radius 2 is 2.00 bits per heavy atom. The van der Waals surface area contributed by atoms with Crippen LogP contribution in [0, 0.1) is 0 Å². The fraction of sp³-hybridized carbons (Fsp3) is 0.312. The lowest BCUT2D eigenvalue weighted by Crippen LogP contribution is -2.21. The van der Waals surface area contributed by atoms with E-state index in [-0.39, 0.29) is 5.75 Å². The van der Waals surface area contributed by atoms with Crippen molar-refractivity contribution in [3.8, 4) is 11.4 Å². The van der Waals surface area contributed by atoms with E-state index in [0.29, 0.717) is 29.2 Å². The number of alkyl halides is 3. The van der Waals surface area contributed by atoms with Gasteiger partial charge in [0.05, 0.1) is 5.69 Å². The number of hydrogen-bond acceptors (Lipinski definition) is 6. The van der Waals surface area contributed by atoms with Crippen molar-refractivity contribution in [3.05, 3.63) is 36.4 Å². The lowest BCUT2D eigenvalue weighted by atomic mass is 10.3. The number of likely N-dealkylation sites (N-methyl/N-ethyl adjacent to an activating group) is 1. The molecule has 0 saturated heterocycles. The molecule has 0 spiro atoms. The van der Waals surface area contributed by atoms with E-state index in [1.807, 2.05) is 19.0 Å². The van der Waals surface area contributed by atoms with Crippen LogP contribution in [-0.4, -0.2) is 58.4 Å². The van der Waals surface area contributed by atoms with Crippen LogP contribution in [0.1, 0.15) is 0 Å². The number of nitrogens with one attached hydrogen (secondary N) is 1. The summed E-state index contributed by atoms with van der Waals surface area (Å²) in [5, 5.41) is 11.2. The SMILES string of the molecule is CN(C)CCNc1ccc2nnn(-c3cccc(OC(F)(F)F)c3)c2n1. The van der Waals surface area contributed by atoms with Gasteiger partial charge in [-0.25, -0.2) is 4.98 Å². The van der Waals surface area contributed by atoms with Crippen LogP contribution in [0.5, 0.6) is 5.75 Å². The van der Waals surface area contributed by atoms with Crippen molar-refractivity contribution < 1.29 is 17.9 Å². The van der Waals surface area contributed by atoms with Gasteiger partial charge in [0.1, 0.15) is 17.1 Å². The maximum absolute atomic E-state index is 12.4. The summed E-state index contributed by atoms with van der Waals surface area (Å²) in [5.41, 5.74) is 1.33. The van der Waals surface area contributed by atoms with Gasteiger partial charge >= 0.3 is 6.36 Å². The van der Waals surface area contributed by atoms with Gasteiger partial charge in [-0.3, -0.25) is 0 Å². The largest absolute Gasteiger partial charge is 0.573 e. The third-order valence-corrected chi connectivity index (χ3v) is 3.46. The van der Waals surface area contributed by atoms with Crippen molar-refractivity contribution in [2.45, 2.75) is 6.36 Å². The van der Waals surface area contributed by atoms with Gasteiger partial charge in [0.25, 0.3) is 0 Å². The van der Waals surface area contributed by atoms with Gasteiger partial charge in [0, 0.05) is 19.2 Å². The number of benzene rings is 1. The summed E-state index contributed by atoms with van der Waals surface area (Å²) in [6, 6.07) is 9.03. The first-order chi connectivity index (χ1) is 12.3. The molecule has 1 aromatic carbocycles. The van der Waals surface area contributed by atoms with Crippen LogP contribution in [0.15, 0.2) is 36.4 Å². The predicted molar refractivity (Wildman–Crippen MR) is 90.4 cm³/mol. The Kier molecular flexibility index (Phi) is 4.94. The maximum Gasteiger partial charge on any atom is 0.573 e. The zero-order valence-electron chi connectivity index (χ0n) is 14.2. The monoisotopic (exact) mass is 366 g/mol. The Morgan fingerprint density at radius 3 is 2.73 bits per heavy atom. The van der Waals surface area contributed by atoms with Crippen molar-refractivity contribution in [2.24, 2.45) is 0 Å². The van der Waals surface area contributed by atoms with E-state index in [0.717, 1.165) is 6.54 Å². The first-order valence-electron chi connectivity index (χ1n) is 7.79. The Balaban J connectivity index is 1.89. The van der Waals surface area contributed by atoms with Crippen molar-refractivity contribution in [1.82, 2.24) is 24.9 Å². The number of ether oxygens (including phenoxy) is 1. The molecule has 3 aromatic rings. The molecule has 138 valence electrons. The Labute approximate surface area is 147 Å². The molecule has 0 aliphatic carbocycles. The number of hydrogen-bond donors (Lipinski definition) is 1. The molecule has 0 unspecified atom stereocenters. The van der Waals surface area contributed by atoms with E-state index in [1.165, 1.54) is 22.9 Å². The number of anilines is 1. The van der Waals surface area contributed by atoms with Crippen LogP contribution in [0.2, 0.25) is 0 Å². The number of halogens is 3. The summed E-state index contributed by atoms with van der Waals surface area (Å²) in [4.78, 5) is 6.49. The van der Waals surface area contributed by atoms with Crippen LogP contribution in [-0.2, 0) is 0 Å². The minimum atomic E-state index is -4.76. The molecule has 0 amide bonds. The fourth-order valence-electron chi connectivity index (χ4n) is 2.30. The van der Waals surface area contributed by atoms with E-state index in [9.17, 15) is 13.2 Å². The molecule has 1 N–H and O–H groups in total. The molecular weight excluding hydrogens is 349 g/mol. The van der Waals surface area contributed by atoms with Crippen LogP contribution >= 0.6 is 0 Å². The van der Waals surface area contributed by atoms with Crippen LogP contribution in [0.3, 0.4) is 0 Å². The molecule has 7 nitrogen and oxygen atoms in total. The Bertz CT molecular complexity index is 893. The number of rotatable bonds is 6. The van der Waals surface area contributed by atoms with Crippen molar-refractivity contribution in [1.29, 1.82) is 0 Å². The van der Waals surface area contributed by atoms with Crippen molar-refractivity contribution >= 4 is 17.0 Å². The van der Waals surface area contributed by atoms with E-state index in [2.05, 4.69) is 25.3 Å². The van der Waals surface area contributed by atoms with Gasteiger partial charge in [-0.1, -0.05) is 11.3 Å². The van der Waals surface area contributed by atoms with Crippen LogP contribution in [0.4, 0.5) is 19.0 Å². The van der Waals surface area contributed by atoms with Gasteiger partial charge in [-0.2, -0.15) is 4.68 Å². The normalized spacial score (nSPS) is 11.9. The number of aromatic nitrogens is 4. The number of pyridine rings is 1. The first kappa shape index (κ1) is 17.9. The van der Waals surface area contributed by atoms with E-state index in [1.54, 1.807) is 18.2 Å². The maximum atomic E-state index is 12.4. The van der Waals surface area contributed by atoms with Gasteiger partial charge in [0.15, 0.2) is 5.65 Å². The standard InChI is InChI=1S/C16H17F3N6O/c1-24(2)9-8-20-14-7-6-13-15(21-14)25(23-22-13)11-4-3-5-12(10-11)26-16(17,18)19/h3-7,10H,8-9H2,1-2H3,(H,20,21). The molecule has 2 heterocycles. The molecule has 0 aliphatic rings. The fourth-order valence-corrected chi connectivity index (χ4v) is 2.30. The summed E-state index contributed by atoms with van der Waals surface area (Å²) < 4.78 is 42.6. The van der Waals surface area contributed by atoms with Crippen molar-refractivity contribution in [3.63, 3.8) is 0 Å². The highest BCUT2D eigenvalue weighted by atomic mass is 19.4. The number of nitrogens with zero attached hydrogens (tertiary/aromatic N) is 5. The summed E-state index contributed by atoms with van der Waals surface area (Å²) >= 11 is 0. The number of fused-ring (bicyclic) bond motifs is 1. The zero-order chi connectivity index (χ0) is 18.7. The molecule has 26 heavy (non-hydrogen) atoms. The second-order valence-corrected chi connectivity index (χ2v) is 5.82. The molecule has 0 radical (unpaired) electrons. The van der Waals surface area contributed by atoms with Gasteiger partial charge in [-0.15, -0.1) is 18.3 Å². The van der Waals surface area contributed by atoms with Crippen molar-refractivity contribution in [2.75, 3.05) is 32.5 Å². The second-order valence-electron chi connectivity index (χ2n) is 5.82. The first-order valence-corrected chi connectivity index (χ1v) is 7.79. The third-order valence-electron chi connectivity index (χ3n) is 3.46. The van der Waals surface area contributed by atoms with Gasteiger partial charge in [0.2, 0.25) is 0 Å². The Morgan fingerprint density at radius 1 is 1.19 bits per heavy atom. The summed E-state index contributed by atoms with van der Waals surface area (Å²) in [7, 11) is 3.93. The van der Waals surface area contributed by atoms with Crippen LogP contribution < -0.4 is 10.1 Å². The molecule has 3 rings (SSSR count). The average Bonchev–Trinajstić information content (AvgIpc) is 2.96. The quantitative estimate of drug-likeness (QED) is 0.724. The molecule has 10 heteroatoms. The molecule has 0 atom stereocenters. The lowest BCUT2D eigenvalue weighted by molar-refractivity contribution is -0.274. The molecule has 0 bridgehead atoms. The highest BCUT2D eigenvalue weighted by molar-refractivity contribution is 5.74. The summed E-state index contributed by atoms with van der Waals surface area (Å²) in [6.45, 7) is 1.52. The molecule has 2 aromatic heterocycles. The molecule has 0 fully saturated rings. The molecular formula is C16H17F3N6O. The van der Waals surface area contributed by atoms with Gasteiger partial charge < -0.3 is 15.0 Å². The van der Waals surface area contributed by atoms with E-state index < -0.39 is 6.36 Å². The topological polar surface area (TPSA) is 68.1 Å². The van der Waals surface area contributed by atoms with Crippen LogP contribution in [0.25, 0.3) is 16.9 Å². The Hall–Kier alpha value is -2.88. The predicted octanol–water partition coefficient (Wildman–Crippen LogP) is 2.69. The summed E-state index contributed by atoms with van der Waals surface area (Å²) in [5.74, 6) is 0.296. The third kappa shape index (κ3) is 4.39. The molecule has 0 saturated carbocycles. The minimum absolute atomic E-state index is 0.334. The van der Waals surface area contributed by atoms with E-state index >= 15 is 0 Å². The second kappa shape index (κ2) is 7.16. The van der Waals surface area contributed by atoms with E-state index in [4.69, 9.17) is 0 Å². The highest BCUT2D eigenvalue weighted by Gasteiger charge is 2.31. The highest BCUT2D eigenvalue weighted by Crippen LogP contribution is 2.25. The average molecular weight is 366 g/mol. The molecule has 0 aliphatic heterocycles. The smallest absolute Gasteiger partial charge is 0.406 e. The van der Waals surface area contributed by atoms with Gasteiger partial charge in [-0.05, 0) is 38.4 Å². The lowest BCUT2D eigenvalue weighted by Gasteiger charge is -2.11. The summed E-state index contributed by atoms with van der Waals surface area (Å²) in [6.07, 6.45) is -4.76. The minimum Gasteiger partial charge on any atom is -0.406 e. The zero-order valence-corrected chi connectivity index (χ0v) is 14.2.